The Bertz CT molecular complexity index is 1120. The minimum Gasteiger partial charge on any atom is -0.382 e. The van der Waals surface area contributed by atoms with Crippen molar-refractivity contribution in [2.45, 2.75) is 32.6 Å². The van der Waals surface area contributed by atoms with E-state index in [2.05, 4.69) is 63.3 Å². The molecule has 0 saturated carbocycles. The van der Waals surface area contributed by atoms with Crippen LogP contribution in [0.25, 0.3) is 0 Å². The molecule has 1 aromatic heterocycles. The molecule has 3 heterocycles. The SMILES string of the molecule is CC1CC(Nc2nc(N)c(C(=O)c3ccc(N4CCCCC4)cc3)s2)=CC=C1CN1CCN(C)CC1. The van der Waals surface area contributed by atoms with Gasteiger partial charge in [0.25, 0.3) is 0 Å². The van der Waals surface area contributed by atoms with E-state index in [-0.39, 0.29) is 5.78 Å². The van der Waals surface area contributed by atoms with Crippen molar-refractivity contribution in [2.75, 3.05) is 68.8 Å². The fourth-order valence-corrected chi connectivity index (χ4v) is 6.14. The van der Waals surface area contributed by atoms with Gasteiger partial charge in [-0.3, -0.25) is 9.69 Å². The molecule has 2 saturated heterocycles. The fourth-order valence-electron chi connectivity index (χ4n) is 5.26. The van der Waals surface area contributed by atoms with E-state index in [0.29, 0.717) is 27.3 Å². The maximum atomic E-state index is 13.2. The van der Waals surface area contributed by atoms with Gasteiger partial charge < -0.3 is 20.9 Å². The predicted molar refractivity (Wildman–Crippen MR) is 150 cm³/mol. The maximum absolute atomic E-state index is 13.2. The molecule has 2 aromatic rings. The van der Waals surface area contributed by atoms with Crippen molar-refractivity contribution in [3.05, 3.63) is 58.1 Å². The topological polar surface area (TPSA) is 77.7 Å². The molecule has 0 bridgehead atoms. The van der Waals surface area contributed by atoms with Gasteiger partial charge in [0.2, 0.25) is 5.78 Å². The Morgan fingerprint density at radius 2 is 1.78 bits per heavy atom. The van der Waals surface area contributed by atoms with E-state index in [0.717, 1.165) is 57.9 Å². The Morgan fingerprint density at radius 3 is 2.47 bits per heavy atom. The molecule has 1 unspecified atom stereocenters. The van der Waals surface area contributed by atoms with Crippen molar-refractivity contribution in [1.82, 2.24) is 14.8 Å². The first kappa shape index (κ1) is 25.0. The predicted octanol–water partition coefficient (Wildman–Crippen LogP) is 4.46. The van der Waals surface area contributed by atoms with Gasteiger partial charge in [-0.2, -0.15) is 0 Å². The number of aromatic nitrogens is 1. The lowest BCUT2D eigenvalue weighted by atomic mass is 9.91. The number of carbonyl (C=O) groups excluding carboxylic acids is 1. The molecule has 192 valence electrons. The zero-order valence-corrected chi connectivity index (χ0v) is 22.3. The van der Waals surface area contributed by atoms with Gasteiger partial charge in [-0.05, 0) is 69.0 Å². The Balaban J connectivity index is 1.22. The summed E-state index contributed by atoms with van der Waals surface area (Å²) >= 11 is 1.34. The normalized spacial score (nSPS) is 21.7. The molecule has 5 rings (SSSR count). The van der Waals surface area contributed by atoms with Gasteiger partial charge in [0.15, 0.2) is 5.13 Å². The van der Waals surface area contributed by atoms with Crippen LogP contribution in [0, 0.1) is 5.92 Å². The monoisotopic (exact) mass is 506 g/mol. The molecule has 1 aromatic carbocycles. The van der Waals surface area contributed by atoms with Gasteiger partial charge in [0.05, 0.1) is 0 Å². The van der Waals surface area contributed by atoms with Crippen LogP contribution in [0.1, 0.15) is 47.8 Å². The molecule has 8 heteroatoms. The average Bonchev–Trinajstić information content (AvgIpc) is 3.26. The largest absolute Gasteiger partial charge is 0.382 e. The Hall–Kier alpha value is -2.68. The van der Waals surface area contributed by atoms with Crippen molar-refractivity contribution >= 4 is 33.8 Å². The summed E-state index contributed by atoms with van der Waals surface area (Å²) in [7, 11) is 2.19. The number of nitrogens with two attached hydrogens (primary N) is 1. The minimum absolute atomic E-state index is 0.0661. The third kappa shape index (κ3) is 5.82. The number of piperazine rings is 1. The van der Waals surface area contributed by atoms with Crippen LogP contribution in [-0.4, -0.2) is 73.4 Å². The number of anilines is 3. The number of nitrogen functional groups attached to an aromatic ring is 1. The molecule has 1 aliphatic carbocycles. The van der Waals surface area contributed by atoms with Gasteiger partial charge in [-0.25, -0.2) is 4.98 Å². The van der Waals surface area contributed by atoms with E-state index < -0.39 is 0 Å². The Labute approximate surface area is 218 Å². The molecule has 1 atom stereocenters. The van der Waals surface area contributed by atoms with Crippen LogP contribution >= 0.6 is 11.3 Å². The van der Waals surface area contributed by atoms with Crippen molar-refractivity contribution in [3.63, 3.8) is 0 Å². The van der Waals surface area contributed by atoms with Gasteiger partial charge in [0, 0.05) is 62.8 Å². The van der Waals surface area contributed by atoms with Crippen molar-refractivity contribution < 1.29 is 4.79 Å². The smallest absolute Gasteiger partial charge is 0.206 e. The number of benzene rings is 1. The number of thiazole rings is 1. The van der Waals surface area contributed by atoms with Gasteiger partial charge in [0.1, 0.15) is 10.7 Å². The zero-order valence-electron chi connectivity index (χ0n) is 21.5. The number of rotatable bonds is 7. The van der Waals surface area contributed by atoms with Crippen LogP contribution in [0.5, 0.6) is 0 Å². The number of nitrogens with one attached hydrogen (secondary N) is 1. The molecule has 0 spiro atoms. The molecular weight excluding hydrogens is 468 g/mol. The Morgan fingerprint density at radius 1 is 1.06 bits per heavy atom. The highest BCUT2D eigenvalue weighted by Crippen LogP contribution is 2.32. The molecule has 2 fully saturated rings. The average molecular weight is 507 g/mol. The van der Waals surface area contributed by atoms with Crippen molar-refractivity contribution in [3.8, 4) is 0 Å². The molecule has 0 amide bonds. The highest BCUT2D eigenvalue weighted by molar-refractivity contribution is 7.18. The second kappa shape index (κ2) is 11.2. The van der Waals surface area contributed by atoms with Gasteiger partial charge >= 0.3 is 0 Å². The summed E-state index contributed by atoms with van der Waals surface area (Å²) in [6.45, 7) is 10.0. The van der Waals surface area contributed by atoms with Gasteiger partial charge in [-0.1, -0.05) is 29.9 Å². The van der Waals surface area contributed by atoms with E-state index in [4.69, 9.17) is 5.73 Å². The summed E-state index contributed by atoms with van der Waals surface area (Å²) < 4.78 is 0. The lowest BCUT2D eigenvalue weighted by Crippen LogP contribution is -2.45. The number of ketones is 1. The number of hydrogen-bond donors (Lipinski definition) is 2. The van der Waals surface area contributed by atoms with Crippen LogP contribution in [0.3, 0.4) is 0 Å². The summed E-state index contributed by atoms with van der Waals surface area (Å²) in [6, 6.07) is 7.93. The lowest BCUT2D eigenvalue weighted by molar-refractivity contribution is 0.104. The Kier molecular flexibility index (Phi) is 7.74. The van der Waals surface area contributed by atoms with Crippen molar-refractivity contribution in [2.24, 2.45) is 5.92 Å². The zero-order chi connectivity index (χ0) is 25.1. The fraction of sp³-hybridized carbons (Fsp3) is 0.500. The number of likely N-dealkylation sites (N-methyl/N-ethyl adjacent to an activating group) is 1. The lowest BCUT2D eigenvalue weighted by Gasteiger charge is -2.34. The standard InChI is InChI=1S/C28H38N6OS/c1-20-18-23(9-6-22(20)19-33-16-14-32(2)15-17-33)30-28-31-27(29)26(36-28)25(35)21-7-10-24(11-8-21)34-12-4-3-5-13-34/h6-11,20H,3-5,12-19,29H2,1-2H3,(H,30,31). The first-order valence-electron chi connectivity index (χ1n) is 13.2. The third-order valence-electron chi connectivity index (χ3n) is 7.64. The van der Waals surface area contributed by atoms with E-state index in [1.165, 1.54) is 41.9 Å². The highest BCUT2D eigenvalue weighted by Gasteiger charge is 2.23. The molecule has 0 radical (unpaired) electrons. The van der Waals surface area contributed by atoms with Gasteiger partial charge in [-0.15, -0.1) is 0 Å². The number of piperidine rings is 1. The molecular formula is C28H38N6OS. The number of nitrogens with zero attached hydrogens (tertiary/aromatic N) is 4. The van der Waals surface area contributed by atoms with E-state index in [1.807, 2.05) is 12.1 Å². The second-order valence-electron chi connectivity index (χ2n) is 10.4. The van der Waals surface area contributed by atoms with Crippen LogP contribution in [-0.2, 0) is 0 Å². The molecule has 2 aliphatic heterocycles. The molecule has 7 nitrogen and oxygen atoms in total. The summed E-state index contributed by atoms with van der Waals surface area (Å²) in [5, 5.41) is 4.10. The summed E-state index contributed by atoms with van der Waals surface area (Å²) in [5.74, 6) is 0.695. The number of hydrogen-bond acceptors (Lipinski definition) is 8. The molecule has 3 aliphatic rings. The first-order valence-corrected chi connectivity index (χ1v) is 14.0. The summed E-state index contributed by atoms with van der Waals surface area (Å²) in [4.78, 5) is 25.5. The minimum atomic E-state index is -0.0661. The molecule has 36 heavy (non-hydrogen) atoms. The second-order valence-corrected chi connectivity index (χ2v) is 11.4. The summed E-state index contributed by atoms with van der Waals surface area (Å²) in [5.41, 5.74) is 10.6. The maximum Gasteiger partial charge on any atom is 0.206 e. The van der Waals surface area contributed by atoms with E-state index >= 15 is 0 Å². The van der Waals surface area contributed by atoms with Crippen molar-refractivity contribution in [1.29, 1.82) is 0 Å². The summed E-state index contributed by atoms with van der Waals surface area (Å²) in [6.07, 6.45) is 9.11. The third-order valence-corrected chi connectivity index (χ3v) is 8.62. The van der Waals surface area contributed by atoms with Crippen LogP contribution in [0.2, 0.25) is 0 Å². The van der Waals surface area contributed by atoms with Crippen LogP contribution < -0.4 is 16.0 Å². The van der Waals surface area contributed by atoms with Crippen LogP contribution in [0.15, 0.2) is 47.7 Å². The van der Waals surface area contributed by atoms with E-state index in [1.54, 1.807) is 0 Å². The first-order chi connectivity index (χ1) is 17.5. The molecule has 3 N–H and O–H groups in total. The van der Waals surface area contributed by atoms with E-state index in [9.17, 15) is 4.79 Å². The van der Waals surface area contributed by atoms with Crippen LogP contribution in [0.4, 0.5) is 16.6 Å². The number of carbonyl (C=O) groups is 1. The highest BCUT2D eigenvalue weighted by atomic mass is 32.1. The quantitative estimate of drug-likeness (QED) is 0.537. The number of allylic oxidation sites excluding steroid dienone is 3.